The van der Waals surface area contributed by atoms with Crippen LogP contribution in [0.5, 0.6) is 0 Å². The van der Waals surface area contributed by atoms with Gasteiger partial charge in [0, 0.05) is 12.1 Å². The first-order valence-electron chi connectivity index (χ1n) is 4.90. The molecule has 13 heavy (non-hydrogen) atoms. The van der Waals surface area contributed by atoms with Crippen molar-refractivity contribution in [3.63, 3.8) is 0 Å². The van der Waals surface area contributed by atoms with Gasteiger partial charge in [0.05, 0.1) is 6.61 Å². The van der Waals surface area contributed by atoms with Gasteiger partial charge in [-0.25, -0.2) is 0 Å². The van der Waals surface area contributed by atoms with Crippen LogP contribution in [-0.4, -0.2) is 35.6 Å². The molecule has 0 amide bonds. The van der Waals surface area contributed by atoms with E-state index in [9.17, 15) is 4.79 Å². The molecule has 0 radical (unpaired) electrons. The SMILES string of the molecule is CCOC(=O)C1CCN1C(C)(C)C. The molecule has 3 nitrogen and oxygen atoms in total. The summed E-state index contributed by atoms with van der Waals surface area (Å²) in [5.41, 5.74) is 0.0790. The van der Waals surface area contributed by atoms with Gasteiger partial charge < -0.3 is 4.74 Å². The smallest absolute Gasteiger partial charge is 0.323 e. The van der Waals surface area contributed by atoms with Gasteiger partial charge in [0.2, 0.25) is 0 Å². The molecular formula is C10H19NO2. The van der Waals surface area contributed by atoms with E-state index in [-0.39, 0.29) is 17.6 Å². The lowest BCUT2D eigenvalue weighted by atomic mass is 9.93. The summed E-state index contributed by atoms with van der Waals surface area (Å²) in [5.74, 6) is -0.0660. The monoisotopic (exact) mass is 185 g/mol. The zero-order valence-electron chi connectivity index (χ0n) is 8.96. The van der Waals surface area contributed by atoms with Crippen molar-refractivity contribution in [3.05, 3.63) is 0 Å². The van der Waals surface area contributed by atoms with Crippen LogP contribution in [0.1, 0.15) is 34.1 Å². The quantitative estimate of drug-likeness (QED) is 0.609. The molecule has 1 heterocycles. The Morgan fingerprint density at radius 3 is 2.46 bits per heavy atom. The van der Waals surface area contributed by atoms with Crippen molar-refractivity contribution in [1.82, 2.24) is 4.90 Å². The Labute approximate surface area is 80.1 Å². The molecule has 0 N–H and O–H groups in total. The molecule has 1 fully saturated rings. The Hall–Kier alpha value is -0.570. The summed E-state index contributed by atoms with van der Waals surface area (Å²) in [6, 6.07) is -0.0000463. The summed E-state index contributed by atoms with van der Waals surface area (Å²) in [6.07, 6.45) is 0.941. The molecule has 0 aliphatic carbocycles. The van der Waals surface area contributed by atoms with E-state index >= 15 is 0 Å². The zero-order chi connectivity index (χ0) is 10.1. The lowest BCUT2D eigenvalue weighted by molar-refractivity contribution is -0.158. The van der Waals surface area contributed by atoms with Gasteiger partial charge in [-0.2, -0.15) is 0 Å². The highest BCUT2D eigenvalue weighted by Crippen LogP contribution is 2.27. The van der Waals surface area contributed by atoms with Gasteiger partial charge in [-0.1, -0.05) is 0 Å². The second-order valence-corrected chi connectivity index (χ2v) is 4.42. The normalized spacial score (nSPS) is 23.8. The van der Waals surface area contributed by atoms with E-state index in [4.69, 9.17) is 4.74 Å². The lowest BCUT2D eigenvalue weighted by Crippen LogP contribution is -2.60. The van der Waals surface area contributed by atoms with Crippen LogP contribution >= 0.6 is 0 Å². The van der Waals surface area contributed by atoms with E-state index in [1.165, 1.54) is 0 Å². The number of carbonyl (C=O) groups is 1. The standard InChI is InChI=1S/C10H19NO2/c1-5-13-9(12)8-6-7-11(8)10(2,3)4/h8H,5-7H2,1-4H3. The summed E-state index contributed by atoms with van der Waals surface area (Å²) in [5, 5.41) is 0. The topological polar surface area (TPSA) is 29.5 Å². The fraction of sp³-hybridized carbons (Fsp3) is 0.900. The van der Waals surface area contributed by atoms with Crippen LogP contribution in [0.4, 0.5) is 0 Å². The van der Waals surface area contributed by atoms with Gasteiger partial charge in [-0.05, 0) is 34.1 Å². The maximum absolute atomic E-state index is 11.4. The first-order valence-corrected chi connectivity index (χ1v) is 4.90. The molecule has 0 aromatic carbocycles. The molecule has 0 aromatic rings. The summed E-state index contributed by atoms with van der Waals surface area (Å²) in [4.78, 5) is 13.6. The van der Waals surface area contributed by atoms with E-state index in [1.807, 2.05) is 6.92 Å². The zero-order valence-corrected chi connectivity index (χ0v) is 8.96. The third-order valence-corrected chi connectivity index (χ3v) is 2.44. The number of hydrogen-bond donors (Lipinski definition) is 0. The number of esters is 1. The maximum Gasteiger partial charge on any atom is 0.323 e. The Balaban J connectivity index is 2.50. The number of likely N-dealkylation sites (tertiary alicyclic amines) is 1. The van der Waals surface area contributed by atoms with Crippen LogP contribution in [0.3, 0.4) is 0 Å². The average molecular weight is 185 g/mol. The highest BCUT2D eigenvalue weighted by atomic mass is 16.5. The fourth-order valence-electron chi connectivity index (χ4n) is 1.67. The lowest BCUT2D eigenvalue weighted by Gasteiger charge is -2.47. The number of carbonyl (C=O) groups excluding carboxylic acids is 1. The largest absolute Gasteiger partial charge is 0.465 e. The van der Waals surface area contributed by atoms with E-state index < -0.39 is 0 Å². The van der Waals surface area contributed by atoms with Crippen molar-refractivity contribution >= 4 is 5.97 Å². The summed E-state index contributed by atoms with van der Waals surface area (Å²) < 4.78 is 4.99. The Morgan fingerprint density at radius 1 is 1.54 bits per heavy atom. The third-order valence-electron chi connectivity index (χ3n) is 2.44. The highest BCUT2D eigenvalue weighted by Gasteiger charge is 2.41. The predicted octanol–water partition coefficient (Wildman–Crippen LogP) is 1.42. The highest BCUT2D eigenvalue weighted by molar-refractivity contribution is 5.77. The molecule has 0 aromatic heterocycles. The van der Waals surface area contributed by atoms with Gasteiger partial charge in [0.25, 0.3) is 0 Å². The molecule has 1 unspecified atom stereocenters. The molecule has 0 spiro atoms. The molecule has 1 rings (SSSR count). The minimum Gasteiger partial charge on any atom is -0.465 e. The second-order valence-electron chi connectivity index (χ2n) is 4.42. The average Bonchev–Trinajstić information content (AvgIpc) is 1.79. The van der Waals surface area contributed by atoms with Crippen molar-refractivity contribution in [1.29, 1.82) is 0 Å². The van der Waals surface area contributed by atoms with Gasteiger partial charge in [-0.15, -0.1) is 0 Å². The van der Waals surface area contributed by atoms with Crippen molar-refractivity contribution in [3.8, 4) is 0 Å². The summed E-state index contributed by atoms with van der Waals surface area (Å²) >= 11 is 0. The molecule has 76 valence electrons. The molecule has 1 saturated heterocycles. The van der Waals surface area contributed by atoms with Crippen molar-refractivity contribution in [2.75, 3.05) is 13.2 Å². The first kappa shape index (κ1) is 10.5. The van der Waals surface area contributed by atoms with Gasteiger partial charge in [-0.3, -0.25) is 9.69 Å². The Morgan fingerprint density at radius 2 is 2.15 bits per heavy atom. The van der Waals surface area contributed by atoms with Crippen molar-refractivity contribution in [2.45, 2.75) is 45.7 Å². The minimum atomic E-state index is -0.0660. The fourth-order valence-corrected chi connectivity index (χ4v) is 1.67. The van der Waals surface area contributed by atoms with Gasteiger partial charge in [0.15, 0.2) is 0 Å². The van der Waals surface area contributed by atoms with E-state index in [0.29, 0.717) is 6.61 Å². The minimum absolute atomic E-state index is 0.0000463. The van der Waals surface area contributed by atoms with Crippen LogP contribution in [0.25, 0.3) is 0 Å². The first-order chi connectivity index (χ1) is 5.96. The van der Waals surface area contributed by atoms with Crippen LogP contribution in [0, 0.1) is 0 Å². The van der Waals surface area contributed by atoms with E-state index in [0.717, 1.165) is 13.0 Å². The van der Waals surface area contributed by atoms with Crippen LogP contribution in [0.2, 0.25) is 0 Å². The Kier molecular flexibility index (Phi) is 2.96. The molecule has 0 saturated carbocycles. The van der Waals surface area contributed by atoms with E-state index in [2.05, 4.69) is 25.7 Å². The maximum atomic E-state index is 11.4. The second kappa shape index (κ2) is 3.66. The van der Waals surface area contributed by atoms with E-state index in [1.54, 1.807) is 0 Å². The van der Waals surface area contributed by atoms with Crippen LogP contribution in [0.15, 0.2) is 0 Å². The summed E-state index contributed by atoms with van der Waals surface area (Å²) in [7, 11) is 0. The van der Waals surface area contributed by atoms with Crippen LogP contribution < -0.4 is 0 Å². The summed E-state index contributed by atoms with van der Waals surface area (Å²) in [6.45, 7) is 9.70. The molecule has 1 aliphatic heterocycles. The van der Waals surface area contributed by atoms with Gasteiger partial charge in [0.1, 0.15) is 6.04 Å². The molecular weight excluding hydrogens is 166 g/mol. The third kappa shape index (κ3) is 2.21. The molecule has 0 bridgehead atoms. The van der Waals surface area contributed by atoms with Crippen LogP contribution in [-0.2, 0) is 9.53 Å². The number of nitrogens with zero attached hydrogens (tertiary/aromatic N) is 1. The van der Waals surface area contributed by atoms with Gasteiger partial charge >= 0.3 is 5.97 Å². The number of ether oxygens (including phenoxy) is 1. The number of hydrogen-bond acceptors (Lipinski definition) is 3. The molecule has 1 aliphatic rings. The Bertz CT molecular complexity index is 196. The van der Waals surface area contributed by atoms with Crippen molar-refractivity contribution < 1.29 is 9.53 Å². The molecule has 3 heteroatoms. The number of rotatable bonds is 2. The van der Waals surface area contributed by atoms with Crippen molar-refractivity contribution in [2.24, 2.45) is 0 Å². The molecule has 1 atom stereocenters. The predicted molar refractivity (Wildman–Crippen MR) is 51.5 cm³/mol.